The Balaban J connectivity index is 1.53. The Labute approximate surface area is 281 Å². The number of carbonyl (C=O) groups is 1. The Bertz CT molecular complexity index is 1210. The molecule has 3 aromatic rings. The fourth-order valence-corrected chi connectivity index (χ4v) is 6.44. The van der Waals surface area contributed by atoms with E-state index in [0.29, 0.717) is 17.2 Å². The zero-order chi connectivity index (χ0) is 32.8. The number of carbonyl (C=O) groups excluding carboxylic acids is 1. The van der Waals surface area contributed by atoms with E-state index in [1.54, 1.807) is 0 Å². The van der Waals surface area contributed by atoms with Crippen LogP contribution in [-0.2, 0) is 4.74 Å². The van der Waals surface area contributed by atoms with Crippen LogP contribution >= 0.6 is 0 Å². The average molecular weight is 627 g/mol. The van der Waals surface area contributed by atoms with Crippen LogP contribution in [0.25, 0.3) is 11.1 Å². The standard InChI is InChI=1S/C43H62O3/c1-5-8-10-12-13-14-15-16-18-23-37(22-7-3)41-24-19-20-25-42(41)38-26-28-39(29-27-38)43(44)46-40-32-30-36(31-33-40)35(4)45-34-21-17-11-9-6-2/h19-20,24-33,35,37H,5-18,21-23,34H2,1-4H3. The summed E-state index contributed by atoms with van der Waals surface area (Å²) in [5.74, 6) is 0.782. The summed E-state index contributed by atoms with van der Waals surface area (Å²) in [6.45, 7) is 9.67. The van der Waals surface area contributed by atoms with Gasteiger partial charge in [-0.25, -0.2) is 4.79 Å². The Kier molecular flexibility index (Phi) is 18.4. The van der Waals surface area contributed by atoms with Gasteiger partial charge in [-0.15, -0.1) is 0 Å². The highest BCUT2D eigenvalue weighted by Crippen LogP contribution is 2.35. The minimum atomic E-state index is -0.335. The molecular formula is C43H62O3. The van der Waals surface area contributed by atoms with Crippen molar-refractivity contribution in [1.82, 2.24) is 0 Å². The van der Waals surface area contributed by atoms with Crippen LogP contribution in [0.5, 0.6) is 5.75 Å². The van der Waals surface area contributed by atoms with Gasteiger partial charge in [0, 0.05) is 6.61 Å². The number of benzene rings is 3. The molecule has 3 rings (SSSR count). The topological polar surface area (TPSA) is 35.5 Å². The minimum Gasteiger partial charge on any atom is -0.423 e. The first-order valence-corrected chi connectivity index (χ1v) is 18.7. The van der Waals surface area contributed by atoms with Crippen molar-refractivity contribution in [2.45, 2.75) is 149 Å². The predicted molar refractivity (Wildman–Crippen MR) is 196 cm³/mol. The van der Waals surface area contributed by atoms with Gasteiger partial charge < -0.3 is 9.47 Å². The Morgan fingerprint density at radius 3 is 1.83 bits per heavy atom. The first kappa shape index (κ1) is 37.5. The molecule has 0 radical (unpaired) electrons. The largest absolute Gasteiger partial charge is 0.423 e. The van der Waals surface area contributed by atoms with Gasteiger partial charge in [0.25, 0.3) is 0 Å². The molecule has 0 saturated heterocycles. The number of unbranched alkanes of at least 4 members (excludes halogenated alkanes) is 12. The minimum absolute atomic E-state index is 0.0216. The molecule has 252 valence electrons. The van der Waals surface area contributed by atoms with Gasteiger partial charge in [-0.05, 0) is 78.6 Å². The zero-order valence-electron chi connectivity index (χ0n) is 29.5. The maximum absolute atomic E-state index is 13.0. The highest BCUT2D eigenvalue weighted by Gasteiger charge is 2.17. The average Bonchev–Trinajstić information content (AvgIpc) is 3.09. The van der Waals surface area contributed by atoms with E-state index >= 15 is 0 Å². The molecule has 0 aromatic heterocycles. The van der Waals surface area contributed by atoms with Crippen molar-refractivity contribution in [2.24, 2.45) is 0 Å². The molecule has 0 spiro atoms. The third-order valence-electron chi connectivity index (χ3n) is 9.30. The number of hydrogen-bond acceptors (Lipinski definition) is 3. The molecule has 2 atom stereocenters. The Morgan fingerprint density at radius 1 is 0.609 bits per heavy atom. The van der Waals surface area contributed by atoms with E-state index in [-0.39, 0.29) is 12.1 Å². The van der Waals surface area contributed by atoms with Gasteiger partial charge in [-0.2, -0.15) is 0 Å². The summed E-state index contributed by atoms with van der Waals surface area (Å²) in [6.07, 6.45) is 22.1. The highest BCUT2D eigenvalue weighted by molar-refractivity contribution is 5.91. The number of hydrogen-bond donors (Lipinski definition) is 0. The molecule has 0 bridgehead atoms. The molecule has 46 heavy (non-hydrogen) atoms. The maximum Gasteiger partial charge on any atom is 0.343 e. The first-order chi connectivity index (χ1) is 22.6. The second-order valence-corrected chi connectivity index (χ2v) is 13.2. The van der Waals surface area contributed by atoms with E-state index in [4.69, 9.17) is 9.47 Å². The second kappa shape index (κ2) is 22.6. The fraction of sp³-hybridized carbons (Fsp3) is 0.558. The molecule has 3 aromatic carbocycles. The summed E-state index contributed by atoms with van der Waals surface area (Å²) in [7, 11) is 0. The van der Waals surface area contributed by atoms with Crippen LogP contribution in [0, 0.1) is 0 Å². The summed E-state index contributed by atoms with van der Waals surface area (Å²) >= 11 is 0. The lowest BCUT2D eigenvalue weighted by Gasteiger charge is -2.21. The van der Waals surface area contributed by atoms with E-state index in [9.17, 15) is 4.79 Å². The lowest BCUT2D eigenvalue weighted by Crippen LogP contribution is -2.08. The number of rotatable bonds is 24. The van der Waals surface area contributed by atoms with Crippen LogP contribution in [-0.4, -0.2) is 12.6 Å². The van der Waals surface area contributed by atoms with Gasteiger partial charge in [0.1, 0.15) is 5.75 Å². The normalized spacial score (nSPS) is 12.6. The maximum atomic E-state index is 13.0. The van der Waals surface area contributed by atoms with Crippen LogP contribution in [0.2, 0.25) is 0 Å². The van der Waals surface area contributed by atoms with Crippen LogP contribution in [0.15, 0.2) is 72.8 Å². The molecule has 0 aliphatic carbocycles. The van der Waals surface area contributed by atoms with Crippen molar-refractivity contribution in [3.63, 3.8) is 0 Å². The summed E-state index contributed by atoms with van der Waals surface area (Å²) in [6, 6.07) is 24.5. The summed E-state index contributed by atoms with van der Waals surface area (Å²) in [4.78, 5) is 13.0. The molecule has 0 N–H and O–H groups in total. The smallest absolute Gasteiger partial charge is 0.343 e. The first-order valence-electron chi connectivity index (χ1n) is 18.7. The molecular weight excluding hydrogens is 564 g/mol. The summed E-state index contributed by atoms with van der Waals surface area (Å²) in [5, 5.41) is 0. The van der Waals surface area contributed by atoms with Crippen molar-refractivity contribution in [3.05, 3.63) is 89.5 Å². The molecule has 0 saturated carbocycles. The van der Waals surface area contributed by atoms with Gasteiger partial charge in [0.05, 0.1) is 11.7 Å². The molecule has 3 heteroatoms. The van der Waals surface area contributed by atoms with Crippen molar-refractivity contribution in [1.29, 1.82) is 0 Å². The summed E-state index contributed by atoms with van der Waals surface area (Å²) < 4.78 is 11.7. The molecule has 0 heterocycles. The van der Waals surface area contributed by atoms with E-state index in [1.807, 2.05) is 36.4 Å². The molecule has 0 aliphatic rings. The van der Waals surface area contributed by atoms with Crippen LogP contribution in [0.3, 0.4) is 0 Å². The molecule has 0 fully saturated rings. The number of ether oxygens (including phenoxy) is 2. The van der Waals surface area contributed by atoms with Gasteiger partial charge in [0.15, 0.2) is 0 Å². The van der Waals surface area contributed by atoms with Gasteiger partial charge >= 0.3 is 5.97 Å². The number of esters is 1. The van der Waals surface area contributed by atoms with Crippen LogP contribution in [0.1, 0.15) is 170 Å². The Morgan fingerprint density at radius 2 is 1.20 bits per heavy atom. The zero-order valence-corrected chi connectivity index (χ0v) is 29.5. The van der Waals surface area contributed by atoms with Gasteiger partial charge in [-0.1, -0.05) is 159 Å². The lowest BCUT2D eigenvalue weighted by molar-refractivity contribution is 0.0627. The highest BCUT2D eigenvalue weighted by atomic mass is 16.5. The van der Waals surface area contributed by atoms with Gasteiger partial charge in [0.2, 0.25) is 0 Å². The lowest BCUT2D eigenvalue weighted by atomic mass is 9.84. The van der Waals surface area contributed by atoms with Crippen LogP contribution < -0.4 is 4.74 Å². The molecule has 0 amide bonds. The Hall–Kier alpha value is -2.91. The molecule has 3 nitrogen and oxygen atoms in total. The predicted octanol–water partition coefficient (Wildman–Crippen LogP) is 13.4. The van der Waals surface area contributed by atoms with E-state index < -0.39 is 0 Å². The van der Waals surface area contributed by atoms with E-state index in [1.165, 1.54) is 114 Å². The van der Waals surface area contributed by atoms with Crippen molar-refractivity contribution in [3.8, 4) is 16.9 Å². The van der Waals surface area contributed by atoms with E-state index in [2.05, 4.69) is 64.1 Å². The SMILES string of the molecule is CCCCCCCCCCCC(CCC)c1ccccc1-c1ccc(C(=O)Oc2ccc(C(C)OCCCCCCC)cc2)cc1. The quantitative estimate of drug-likeness (QED) is 0.0564. The molecule has 0 aliphatic heterocycles. The monoisotopic (exact) mass is 626 g/mol. The third-order valence-corrected chi connectivity index (χ3v) is 9.30. The molecule has 2 unspecified atom stereocenters. The second-order valence-electron chi connectivity index (χ2n) is 13.2. The van der Waals surface area contributed by atoms with Crippen LogP contribution in [0.4, 0.5) is 0 Å². The van der Waals surface area contributed by atoms with Crippen molar-refractivity contribution >= 4 is 5.97 Å². The van der Waals surface area contributed by atoms with Gasteiger partial charge in [-0.3, -0.25) is 0 Å². The summed E-state index contributed by atoms with van der Waals surface area (Å²) in [5.41, 5.74) is 5.53. The fourth-order valence-electron chi connectivity index (χ4n) is 6.44. The third kappa shape index (κ3) is 13.4. The van der Waals surface area contributed by atoms with E-state index in [0.717, 1.165) is 24.2 Å². The van der Waals surface area contributed by atoms with Crippen molar-refractivity contribution < 1.29 is 14.3 Å². The van der Waals surface area contributed by atoms with Crippen molar-refractivity contribution in [2.75, 3.05) is 6.61 Å².